The molecule has 1 aromatic carbocycles. The molecule has 0 aliphatic carbocycles. The van der Waals surface area contributed by atoms with Gasteiger partial charge in [0.15, 0.2) is 0 Å². The van der Waals surface area contributed by atoms with E-state index in [0.29, 0.717) is 18.0 Å². The standard InChI is InChI=1S/C14H13ClFNOS/c15-10-3-5-17(6-4-10)14(18)13-7-9-1-2-11(16)8-12(9)19-13/h1-2,7-8,10H,3-6H2. The second-order valence-electron chi connectivity index (χ2n) is 4.76. The highest BCUT2D eigenvalue weighted by Crippen LogP contribution is 2.28. The molecule has 2 nitrogen and oxygen atoms in total. The summed E-state index contributed by atoms with van der Waals surface area (Å²) in [4.78, 5) is 14.9. The summed E-state index contributed by atoms with van der Waals surface area (Å²) in [6.07, 6.45) is 1.68. The molecule has 2 aromatic rings. The van der Waals surface area contributed by atoms with E-state index in [0.717, 1.165) is 22.9 Å². The molecule has 0 atom stereocenters. The van der Waals surface area contributed by atoms with Crippen molar-refractivity contribution in [1.29, 1.82) is 0 Å². The maximum atomic E-state index is 13.1. The first-order valence-corrected chi connectivity index (χ1v) is 7.51. The number of thiophene rings is 1. The van der Waals surface area contributed by atoms with Crippen LogP contribution < -0.4 is 0 Å². The number of amides is 1. The molecule has 1 amide bonds. The number of hydrogen-bond acceptors (Lipinski definition) is 2. The molecule has 0 saturated carbocycles. The Morgan fingerprint density at radius 3 is 2.79 bits per heavy atom. The van der Waals surface area contributed by atoms with Crippen LogP contribution in [0, 0.1) is 5.82 Å². The van der Waals surface area contributed by atoms with Crippen LogP contribution in [0.15, 0.2) is 24.3 Å². The lowest BCUT2D eigenvalue weighted by Crippen LogP contribution is -2.38. The van der Waals surface area contributed by atoms with Crippen molar-refractivity contribution in [2.24, 2.45) is 0 Å². The van der Waals surface area contributed by atoms with Gasteiger partial charge >= 0.3 is 0 Å². The van der Waals surface area contributed by atoms with E-state index in [4.69, 9.17) is 11.6 Å². The fraction of sp³-hybridized carbons (Fsp3) is 0.357. The minimum atomic E-state index is -0.267. The first-order valence-electron chi connectivity index (χ1n) is 6.26. The summed E-state index contributed by atoms with van der Waals surface area (Å²) in [5.74, 6) is -0.235. The molecule has 2 heterocycles. The second-order valence-corrected chi connectivity index (χ2v) is 6.46. The molecular formula is C14H13ClFNOS. The van der Waals surface area contributed by atoms with E-state index in [1.165, 1.54) is 23.5 Å². The third-order valence-corrected chi connectivity index (χ3v) is 4.93. The lowest BCUT2D eigenvalue weighted by Gasteiger charge is -2.28. The first-order chi connectivity index (χ1) is 9.13. The number of rotatable bonds is 1. The number of hydrogen-bond donors (Lipinski definition) is 0. The Labute approximate surface area is 119 Å². The summed E-state index contributed by atoms with van der Waals surface area (Å²) < 4.78 is 14.0. The zero-order chi connectivity index (χ0) is 13.4. The molecular weight excluding hydrogens is 285 g/mol. The molecule has 1 saturated heterocycles. The number of benzene rings is 1. The largest absolute Gasteiger partial charge is 0.338 e. The van der Waals surface area contributed by atoms with Gasteiger partial charge in [-0.25, -0.2) is 4.39 Å². The van der Waals surface area contributed by atoms with Crippen molar-refractivity contribution < 1.29 is 9.18 Å². The van der Waals surface area contributed by atoms with Crippen molar-refractivity contribution in [3.8, 4) is 0 Å². The molecule has 5 heteroatoms. The Bertz CT molecular complexity index is 619. The summed E-state index contributed by atoms with van der Waals surface area (Å²) in [7, 11) is 0. The number of carbonyl (C=O) groups excluding carboxylic acids is 1. The normalized spacial score (nSPS) is 17.1. The SMILES string of the molecule is O=C(c1cc2ccc(F)cc2s1)N1CCC(Cl)CC1. The van der Waals surface area contributed by atoms with E-state index in [1.54, 1.807) is 6.07 Å². The van der Waals surface area contributed by atoms with Crippen molar-refractivity contribution in [3.05, 3.63) is 35.0 Å². The van der Waals surface area contributed by atoms with E-state index in [9.17, 15) is 9.18 Å². The van der Waals surface area contributed by atoms with Crippen LogP contribution in [-0.2, 0) is 0 Å². The molecule has 1 fully saturated rings. The zero-order valence-corrected chi connectivity index (χ0v) is 11.8. The van der Waals surface area contributed by atoms with Crippen molar-refractivity contribution in [3.63, 3.8) is 0 Å². The fourth-order valence-electron chi connectivity index (χ4n) is 2.32. The highest BCUT2D eigenvalue weighted by atomic mass is 35.5. The molecule has 100 valence electrons. The minimum Gasteiger partial charge on any atom is -0.338 e. The molecule has 3 rings (SSSR count). The van der Waals surface area contributed by atoms with Crippen molar-refractivity contribution in [1.82, 2.24) is 4.90 Å². The summed E-state index contributed by atoms with van der Waals surface area (Å²) >= 11 is 7.39. The fourth-order valence-corrected chi connectivity index (χ4v) is 3.57. The van der Waals surface area contributed by atoms with Crippen LogP contribution in [0.4, 0.5) is 4.39 Å². The van der Waals surface area contributed by atoms with Crippen molar-refractivity contribution in [2.45, 2.75) is 18.2 Å². The molecule has 1 aliphatic rings. The first kappa shape index (κ1) is 12.9. The van der Waals surface area contributed by atoms with Crippen LogP contribution in [0.5, 0.6) is 0 Å². The van der Waals surface area contributed by atoms with Gasteiger partial charge in [0.25, 0.3) is 5.91 Å². The van der Waals surface area contributed by atoms with Gasteiger partial charge in [-0.2, -0.15) is 0 Å². The van der Waals surface area contributed by atoms with E-state index < -0.39 is 0 Å². The van der Waals surface area contributed by atoms with E-state index in [1.807, 2.05) is 11.0 Å². The molecule has 0 N–H and O–H groups in total. The Morgan fingerprint density at radius 1 is 1.32 bits per heavy atom. The number of alkyl halides is 1. The number of nitrogens with zero attached hydrogens (tertiary/aromatic N) is 1. The maximum Gasteiger partial charge on any atom is 0.263 e. The van der Waals surface area contributed by atoms with Crippen LogP contribution in [0.1, 0.15) is 22.5 Å². The smallest absolute Gasteiger partial charge is 0.263 e. The molecule has 0 bridgehead atoms. The molecule has 19 heavy (non-hydrogen) atoms. The van der Waals surface area contributed by atoms with Crippen molar-refractivity contribution >= 4 is 38.9 Å². The zero-order valence-electron chi connectivity index (χ0n) is 10.2. The number of carbonyl (C=O) groups is 1. The van der Waals surface area contributed by atoms with Gasteiger partial charge < -0.3 is 4.90 Å². The average molecular weight is 298 g/mol. The third kappa shape index (κ3) is 2.60. The van der Waals surface area contributed by atoms with Gasteiger partial charge in [-0.05, 0) is 36.4 Å². The number of likely N-dealkylation sites (tertiary alicyclic amines) is 1. The summed E-state index contributed by atoms with van der Waals surface area (Å²) in [6, 6.07) is 6.45. The molecule has 0 unspecified atom stereocenters. The summed E-state index contributed by atoms with van der Waals surface area (Å²) in [5.41, 5.74) is 0. The Balaban J connectivity index is 1.85. The van der Waals surface area contributed by atoms with Gasteiger partial charge in [0.2, 0.25) is 0 Å². The van der Waals surface area contributed by atoms with Crippen LogP contribution >= 0.6 is 22.9 Å². The van der Waals surface area contributed by atoms with E-state index in [2.05, 4.69) is 0 Å². The number of fused-ring (bicyclic) bond motifs is 1. The molecule has 1 aliphatic heterocycles. The molecule has 0 spiro atoms. The minimum absolute atomic E-state index is 0.0326. The average Bonchev–Trinajstić information content (AvgIpc) is 2.81. The van der Waals surface area contributed by atoms with Crippen LogP contribution in [0.3, 0.4) is 0 Å². The predicted molar refractivity (Wildman–Crippen MR) is 76.6 cm³/mol. The van der Waals surface area contributed by atoms with Gasteiger partial charge in [-0.3, -0.25) is 4.79 Å². The van der Waals surface area contributed by atoms with Gasteiger partial charge in [0, 0.05) is 23.2 Å². The highest BCUT2D eigenvalue weighted by molar-refractivity contribution is 7.20. The maximum absolute atomic E-state index is 13.1. The Morgan fingerprint density at radius 2 is 2.05 bits per heavy atom. The quantitative estimate of drug-likeness (QED) is 0.731. The van der Waals surface area contributed by atoms with Crippen molar-refractivity contribution in [2.75, 3.05) is 13.1 Å². The third-order valence-electron chi connectivity index (χ3n) is 3.40. The lowest BCUT2D eigenvalue weighted by atomic mass is 10.1. The van der Waals surface area contributed by atoms with Gasteiger partial charge in [0.1, 0.15) is 5.82 Å². The number of piperidine rings is 1. The van der Waals surface area contributed by atoms with E-state index in [-0.39, 0.29) is 17.1 Å². The predicted octanol–water partition coefficient (Wildman–Crippen LogP) is 3.88. The van der Waals surface area contributed by atoms with Crippen LogP contribution in [0.2, 0.25) is 0 Å². The Kier molecular flexibility index (Phi) is 3.46. The molecule has 0 radical (unpaired) electrons. The highest BCUT2D eigenvalue weighted by Gasteiger charge is 2.23. The number of halogens is 2. The molecule has 1 aromatic heterocycles. The van der Waals surface area contributed by atoms with Crippen LogP contribution in [-0.4, -0.2) is 29.3 Å². The second kappa shape index (κ2) is 5.10. The van der Waals surface area contributed by atoms with E-state index >= 15 is 0 Å². The topological polar surface area (TPSA) is 20.3 Å². The monoisotopic (exact) mass is 297 g/mol. The lowest BCUT2D eigenvalue weighted by molar-refractivity contribution is 0.0731. The Hall–Kier alpha value is -1.13. The van der Waals surface area contributed by atoms with Gasteiger partial charge in [-0.15, -0.1) is 22.9 Å². The van der Waals surface area contributed by atoms with Crippen LogP contribution in [0.25, 0.3) is 10.1 Å². The summed E-state index contributed by atoms with van der Waals surface area (Å²) in [6.45, 7) is 1.41. The summed E-state index contributed by atoms with van der Waals surface area (Å²) in [5, 5.41) is 1.10. The van der Waals surface area contributed by atoms with Gasteiger partial charge in [-0.1, -0.05) is 6.07 Å². The van der Waals surface area contributed by atoms with Gasteiger partial charge in [0.05, 0.1) is 4.88 Å².